The van der Waals surface area contributed by atoms with Crippen molar-refractivity contribution in [3.8, 4) is 0 Å². The van der Waals surface area contributed by atoms with Gasteiger partial charge in [-0.05, 0) is 30.5 Å². The van der Waals surface area contributed by atoms with E-state index in [-0.39, 0.29) is 6.04 Å². The monoisotopic (exact) mass is 256 g/mol. The summed E-state index contributed by atoms with van der Waals surface area (Å²) in [4.78, 5) is 4.50. The summed E-state index contributed by atoms with van der Waals surface area (Å²) >= 11 is 0. The second-order valence-corrected chi connectivity index (χ2v) is 5.26. The van der Waals surface area contributed by atoms with Gasteiger partial charge in [0.2, 0.25) is 0 Å². The summed E-state index contributed by atoms with van der Waals surface area (Å²) in [6.07, 6.45) is 4.28. The summed E-state index contributed by atoms with van der Waals surface area (Å²) in [6.45, 7) is 2.99. The summed E-state index contributed by atoms with van der Waals surface area (Å²) in [7, 11) is 0. The molecule has 100 valence electrons. The molecule has 2 aromatic rings. The van der Waals surface area contributed by atoms with E-state index < -0.39 is 0 Å². The standard InChI is InChI=1S/C16H20N2O/c1-2-15-13(7-8-19-15)16(17)12-9-11-5-3-4-6-14(11)18-10-12/h3-6,9-10,13,15-16H,2,7-8,17H2,1H3. The Morgan fingerprint density at radius 3 is 3.11 bits per heavy atom. The lowest BCUT2D eigenvalue weighted by Gasteiger charge is -2.24. The molecule has 1 fully saturated rings. The lowest BCUT2D eigenvalue weighted by Crippen LogP contribution is -2.28. The molecule has 3 unspecified atom stereocenters. The van der Waals surface area contributed by atoms with Gasteiger partial charge in [0.25, 0.3) is 0 Å². The first kappa shape index (κ1) is 12.6. The van der Waals surface area contributed by atoms with Crippen LogP contribution >= 0.6 is 0 Å². The Bertz CT molecular complexity index is 569. The molecule has 2 N–H and O–H groups in total. The fourth-order valence-electron chi connectivity index (χ4n) is 3.01. The van der Waals surface area contributed by atoms with E-state index >= 15 is 0 Å². The average Bonchev–Trinajstić information content (AvgIpc) is 2.94. The highest BCUT2D eigenvalue weighted by Gasteiger charge is 2.32. The number of fused-ring (bicyclic) bond motifs is 1. The molecule has 0 spiro atoms. The number of rotatable bonds is 3. The van der Waals surface area contributed by atoms with Crippen molar-refractivity contribution in [2.75, 3.05) is 6.61 Å². The van der Waals surface area contributed by atoms with Crippen LogP contribution in [0.3, 0.4) is 0 Å². The Morgan fingerprint density at radius 2 is 2.26 bits per heavy atom. The Labute approximate surface area is 113 Å². The predicted molar refractivity (Wildman–Crippen MR) is 76.8 cm³/mol. The second kappa shape index (κ2) is 5.27. The number of para-hydroxylation sites is 1. The third-order valence-corrected chi connectivity index (χ3v) is 4.12. The van der Waals surface area contributed by atoms with Crippen LogP contribution in [0.2, 0.25) is 0 Å². The van der Waals surface area contributed by atoms with Crippen LogP contribution in [-0.2, 0) is 4.74 Å². The fourth-order valence-corrected chi connectivity index (χ4v) is 3.01. The van der Waals surface area contributed by atoms with Crippen molar-refractivity contribution in [3.05, 3.63) is 42.1 Å². The van der Waals surface area contributed by atoms with Crippen LogP contribution in [0.25, 0.3) is 10.9 Å². The number of benzene rings is 1. The first-order valence-electron chi connectivity index (χ1n) is 7.01. The maximum atomic E-state index is 6.44. The molecule has 1 aromatic carbocycles. The summed E-state index contributed by atoms with van der Waals surface area (Å²) in [6, 6.07) is 10.3. The zero-order chi connectivity index (χ0) is 13.2. The van der Waals surface area contributed by atoms with Crippen LogP contribution in [0.4, 0.5) is 0 Å². The van der Waals surface area contributed by atoms with Crippen molar-refractivity contribution in [2.24, 2.45) is 11.7 Å². The zero-order valence-corrected chi connectivity index (χ0v) is 11.3. The highest BCUT2D eigenvalue weighted by atomic mass is 16.5. The van der Waals surface area contributed by atoms with E-state index in [1.165, 1.54) is 0 Å². The Balaban J connectivity index is 1.90. The SMILES string of the molecule is CCC1OCCC1C(N)c1cnc2ccccc2c1. The molecule has 0 saturated carbocycles. The minimum atomic E-state index is 0.0181. The molecule has 0 bridgehead atoms. The van der Waals surface area contributed by atoms with Crippen molar-refractivity contribution in [1.82, 2.24) is 4.98 Å². The molecule has 3 heteroatoms. The Kier molecular flexibility index (Phi) is 3.49. The van der Waals surface area contributed by atoms with E-state index in [1.54, 1.807) is 0 Å². The van der Waals surface area contributed by atoms with Gasteiger partial charge in [-0.15, -0.1) is 0 Å². The lowest BCUT2D eigenvalue weighted by molar-refractivity contribution is 0.0813. The number of nitrogens with zero attached hydrogens (tertiary/aromatic N) is 1. The quantitative estimate of drug-likeness (QED) is 0.918. The van der Waals surface area contributed by atoms with Crippen molar-refractivity contribution in [3.63, 3.8) is 0 Å². The first-order chi connectivity index (χ1) is 9.29. The topological polar surface area (TPSA) is 48.1 Å². The summed E-state index contributed by atoms with van der Waals surface area (Å²) in [5.74, 6) is 0.410. The van der Waals surface area contributed by atoms with Gasteiger partial charge in [-0.2, -0.15) is 0 Å². The normalized spacial score (nSPS) is 24.7. The molecule has 1 saturated heterocycles. The molecule has 0 amide bonds. The summed E-state index contributed by atoms with van der Waals surface area (Å²) in [5, 5.41) is 1.16. The molecule has 1 aliphatic rings. The molecular formula is C16H20N2O. The van der Waals surface area contributed by atoms with Gasteiger partial charge in [0.15, 0.2) is 0 Å². The number of hydrogen-bond acceptors (Lipinski definition) is 3. The number of ether oxygens (including phenoxy) is 1. The van der Waals surface area contributed by atoms with Crippen LogP contribution < -0.4 is 5.73 Å². The molecule has 0 radical (unpaired) electrons. The predicted octanol–water partition coefficient (Wildman–Crippen LogP) is 3.05. The average molecular weight is 256 g/mol. The van der Waals surface area contributed by atoms with E-state index in [9.17, 15) is 0 Å². The van der Waals surface area contributed by atoms with Crippen molar-refractivity contribution >= 4 is 10.9 Å². The molecular weight excluding hydrogens is 236 g/mol. The summed E-state index contributed by atoms with van der Waals surface area (Å²) in [5.41, 5.74) is 8.58. The number of pyridine rings is 1. The molecule has 3 nitrogen and oxygen atoms in total. The van der Waals surface area contributed by atoms with Gasteiger partial charge in [-0.3, -0.25) is 4.98 Å². The smallest absolute Gasteiger partial charge is 0.0702 e. The van der Waals surface area contributed by atoms with E-state index in [2.05, 4.69) is 24.0 Å². The molecule has 1 aromatic heterocycles. The minimum Gasteiger partial charge on any atom is -0.378 e. The third kappa shape index (κ3) is 2.36. The van der Waals surface area contributed by atoms with Crippen LogP contribution in [0.15, 0.2) is 36.5 Å². The molecule has 0 aliphatic carbocycles. The van der Waals surface area contributed by atoms with Crippen molar-refractivity contribution < 1.29 is 4.74 Å². The van der Waals surface area contributed by atoms with Gasteiger partial charge in [0.1, 0.15) is 0 Å². The van der Waals surface area contributed by atoms with Crippen LogP contribution in [0.1, 0.15) is 31.4 Å². The largest absolute Gasteiger partial charge is 0.378 e. The highest BCUT2D eigenvalue weighted by molar-refractivity contribution is 5.78. The van der Waals surface area contributed by atoms with E-state index in [0.29, 0.717) is 12.0 Å². The number of hydrogen-bond donors (Lipinski definition) is 1. The Morgan fingerprint density at radius 1 is 1.42 bits per heavy atom. The van der Waals surface area contributed by atoms with Gasteiger partial charge in [-0.1, -0.05) is 25.1 Å². The van der Waals surface area contributed by atoms with E-state index in [4.69, 9.17) is 10.5 Å². The zero-order valence-electron chi connectivity index (χ0n) is 11.3. The van der Waals surface area contributed by atoms with E-state index in [0.717, 1.165) is 35.9 Å². The van der Waals surface area contributed by atoms with Gasteiger partial charge < -0.3 is 10.5 Å². The van der Waals surface area contributed by atoms with Crippen molar-refractivity contribution in [2.45, 2.75) is 31.9 Å². The Hall–Kier alpha value is -1.45. The lowest BCUT2D eigenvalue weighted by atomic mass is 9.87. The van der Waals surface area contributed by atoms with Gasteiger partial charge in [-0.25, -0.2) is 0 Å². The van der Waals surface area contributed by atoms with Crippen molar-refractivity contribution in [1.29, 1.82) is 0 Å². The van der Waals surface area contributed by atoms with Gasteiger partial charge in [0.05, 0.1) is 11.6 Å². The van der Waals surface area contributed by atoms with E-state index in [1.807, 2.05) is 24.4 Å². The maximum absolute atomic E-state index is 6.44. The first-order valence-corrected chi connectivity index (χ1v) is 7.01. The highest BCUT2D eigenvalue weighted by Crippen LogP contribution is 2.33. The fraction of sp³-hybridized carbons (Fsp3) is 0.438. The molecule has 3 rings (SSSR count). The van der Waals surface area contributed by atoms with Crippen LogP contribution in [-0.4, -0.2) is 17.7 Å². The van der Waals surface area contributed by atoms with Crippen LogP contribution in [0.5, 0.6) is 0 Å². The molecule has 3 atom stereocenters. The van der Waals surface area contributed by atoms with Gasteiger partial charge >= 0.3 is 0 Å². The maximum Gasteiger partial charge on any atom is 0.0702 e. The minimum absolute atomic E-state index is 0.0181. The molecule has 1 aliphatic heterocycles. The number of nitrogens with two attached hydrogens (primary N) is 1. The third-order valence-electron chi connectivity index (χ3n) is 4.12. The number of aromatic nitrogens is 1. The molecule has 2 heterocycles. The van der Waals surface area contributed by atoms with Gasteiger partial charge in [0, 0.05) is 30.1 Å². The van der Waals surface area contributed by atoms with Crippen LogP contribution in [0, 0.1) is 5.92 Å². The summed E-state index contributed by atoms with van der Waals surface area (Å²) < 4.78 is 5.74. The molecule has 19 heavy (non-hydrogen) atoms. The second-order valence-electron chi connectivity index (χ2n) is 5.26.